The zero-order chi connectivity index (χ0) is 13.1. The van der Waals surface area contributed by atoms with E-state index in [0.29, 0.717) is 6.54 Å². The number of hydrogen-bond donors (Lipinski definition) is 2. The Morgan fingerprint density at radius 2 is 2.11 bits per heavy atom. The lowest BCUT2D eigenvalue weighted by molar-refractivity contribution is 0.232. The summed E-state index contributed by atoms with van der Waals surface area (Å²) >= 11 is 0. The van der Waals surface area contributed by atoms with Crippen molar-refractivity contribution in [2.45, 2.75) is 24.7 Å². The van der Waals surface area contributed by atoms with Crippen LogP contribution < -0.4 is 10.0 Å². The second kappa shape index (κ2) is 6.65. The average molecular weight is 306 g/mol. The highest BCUT2D eigenvalue weighted by Crippen LogP contribution is 2.27. The molecule has 5 nitrogen and oxygen atoms in total. The topological polar surface area (TPSA) is 71.1 Å². The van der Waals surface area contributed by atoms with E-state index in [1.807, 2.05) is 0 Å². The van der Waals surface area contributed by atoms with Gasteiger partial charge in [-0.05, 0) is 43.5 Å². The van der Waals surface area contributed by atoms with Crippen molar-refractivity contribution in [3.05, 3.63) is 24.5 Å². The Balaban J connectivity index is 0.00000180. The van der Waals surface area contributed by atoms with E-state index in [1.54, 1.807) is 18.3 Å². The van der Waals surface area contributed by atoms with Crippen LogP contribution in [0.3, 0.4) is 0 Å². The minimum Gasteiger partial charge on any atom is -0.317 e. The molecule has 2 heterocycles. The number of nitrogens with zero attached hydrogens (tertiary/aromatic N) is 1. The largest absolute Gasteiger partial charge is 0.317 e. The molecule has 0 aromatic carbocycles. The van der Waals surface area contributed by atoms with Gasteiger partial charge < -0.3 is 5.32 Å². The monoisotopic (exact) mass is 305 g/mol. The number of pyridine rings is 1. The molecule has 1 aliphatic rings. The number of piperidine rings is 1. The molecule has 1 saturated heterocycles. The average Bonchev–Trinajstić information content (AvgIpc) is 2.39. The molecule has 108 valence electrons. The first-order chi connectivity index (χ1) is 8.52. The first-order valence-corrected chi connectivity index (χ1v) is 7.61. The maximum absolute atomic E-state index is 12.1. The van der Waals surface area contributed by atoms with Crippen molar-refractivity contribution in [1.82, 2.24) is 15.0 Å². The summed E-state index contributed by atoms with van der Waals surface area (Å²) < 4.78 is 26.8. The minimum atomic E-state index is -3.43. The van der Waals surface area contributed by atoms with E-state index < -0.39 is 10.0 Å². The van der Waals surface area contributed by atoms with Crippen LogP contribution in [0.4, 0.5) is 0 Å². The molecule has 0 saturated carbocycles. The molecule has 1 aromatic rings. The first-order valence-electron chi connectivity index (χ1n) is 6.12. The van der Waals surface area contributed by atoms with Crippen LogP contribution in [0.1, 0.15) is 19.8 Å². The lowest BCUT2D eigenvalue weighted by atomic mass is 9.81. The molecule has 0 aliphatic carbocycles. The van der Waals surface area contributed by atoms with Crippen LogP contribution in [0.25, 0.3) is 0 Å². The Hall–Kier alpha value is -0.690. The summed E-state index contributed by atoms with van der Waals surface area (Å²) in [5, 5.41) is 3.28. The van der Waals surface area contributed by atoms with Crippen molar-refractivity contribution < 1.29 is 8.42 Å². The van der Waals surface area contributed by atoms with Gasteiger partial charge in [0.15, 0.2) is 0 Å². The number of rotatable bonds is 4. The van der Waals surface area contributed by atoms with E-state index in [2.05, 4.69) is 21.9 Å². The second-order valence-electron chi connectivity index (χ2n) is 5.07. The number of nitrogens with one attached hydrogen (secondary N) is 2. The Morgan fingerprint density at radius 1 is 1.42 bits per heavy atom. The van der Waals surface area contributed by atoms with Crippen molar-refractivity contribution in [3.8, 4) is 0 Å². The first kappa shape index (κ1) is 16.4. The minimum absolute atomic E-state index is 0. The van der Waals surface area contributed by atoms with Crippen molar-refractivity contribution >= 4 is 22.4 Å². The molecule has 0 radical (unpaired) electrons. The third-order valence-electron chi connectivity index (χ3n) is 3.44. The maximum Gasteiger partial charge on any atom is 0.242 e. The lowest BCUT2D eigenvalue weighted by Crippen LogP contribution is -2.42. The van der Waals surface area contributed by atoms with Crippen molar-refractivity contribution in [2.75, 3.05) is 19.6 Å². The fraction of sp³-hybridized carbons (Fsp3) is 0.583. The van der Waals surface area contributed by atoms with Crippen LogP contribution >= 0.6 is 12.4 Å². The summed E-state index contributed by atoms with van der Waals surface area (Å²) in [7, 11) is -3.43. The number of hydrogen-bond acceptors (Lipinski definition) is 4. The number of halogens is 1. The Kier molecular flexibility index (Phi) is 5.73. The molecule has 0 spiro atoms. The van der Waals surface area contributed by atoms with Crippen LogP contribution in [0, 0.1) is 5.41 Å². The van der Waals surface area contributed by atoms with Gasteiger partial charge in [0.25, 0.3) is 0 Å². The van der Waals surface area contributed by atoms with Gasteiger partial charge in [-0.15, -0.1) is 12.4 Å². The van der Waals surface area contributed by atoms with Crippen LogP contribution in [0.5, 0.6) is 0 Å². The standard InChI is InChI=1S/C12H19N3O2S.ClH/c1-12(4-7-13-8-5-12)10-15-18(16,17)11-3-2-6-14-9-11;/h2-3,6,9,13,15H,4-5,7-8,10H2,1H3;1H. The third-order valence-corrected chi connectivity index (χ3v) is 4.83. The molecule has 7 heteroatoms. The Bertz CT molecular complexity index is 487. The molecule has 1 aromatic heterocycles. The normalized spacial score (nSPS) is 18.6. The van der Waals surface area contributed by atoms with Gasteiger partial charge in [-0.25, -0.2) is 13.1 Å². The Morgan fingerprint density at radius 3 is 2.68 bits per heavy atom. The number of aromatic nitrogens is 1. The maximum atomic E-state index is 12.1. The highest BCUT2D eigenvalue weighted by atomic mass is 35.5. The molecule has 0 unspecified atom stereocenters. The molecule has 1 aliphatic heterocycles. The Labute approximate surface area is 120 Å². The summed E-state index contributed by atoms with van der Waals surface area (Å²) in [6.45, 7) is 4.50. The molecule has 1 fully saturated rings. The lowest BCUT2D eigenvalue weighted by Gasteiger charge is -2.34. The molecular formula is C12H20ClN3O2S. The van der Waals surface area contributed by atoms with Gasteiger partial charge in [-0.3, -0.25) is 4.98 Å². The summed E-state index contributed by atoms with van der Waals surface area (Å²) in [6, 6.07) is 3.18. The highest BCUT2D eigenvalue weighted by Gasteiger charge is 2.28. The van der Waals surface area contributed by atoms with Crippen molar-refractivity contribution in [3.63, 3.8) is 0 Å². The predicted molar refractivity (Wildman–Crippen MR) is 76.9 cm³/mol. The van der Waals surface area contributed by atoms with E-state index in [1.165, 1.54) is 6.20 Å². The molecule has 19 heavy (non-hydrogen) atoms. The van der Waals surface area contributed by atoms with E-state index in [9.17, 15) is 8.42 Å². The molecule has 2 rings (SSSR count). The van der Waals surface area contributed by atoms with Crippen LogP contribution in [-0.2, 0) is 10.0 Å². The predicted octanol–water partition coefficient (Wildman–Crippen LogP) is 1.17. The summed E-state index contributed by atoms with van der Waals surface area (Å²) in [5.41, 5.74) is 0.0422. The fourth-order valence-corrected chi connectivity index (χ4v) is 3.23. The van der Waals surface area contributed by atoms with Crippen LogP contribution in [0.2, 0.25) is 0 Å². The van der Waals surface area contributed by atoms with Gasteiger partial charge in [0.2, 0.25) is 10.0 Å². The molecular weight excluding hydrogens is 286 g/mol. The van der Waals surface area contributed by atoms with Crippen LogP contribution in [-0.4, -0.2) is 33.0 Å². The zero-order valence-corrected chi connectivity index (χ0v) is 12.6. The molecule has 0 bridgehead atoms. The highest BCUT2D eigenvalue weighted by molar-refractivity contribution is 7.89. The SMILES string of the molecule is CC1(CNS(=O)(=O)c2cccnc2)CCNCC1.Cl. The zero-order valence-electron chi connectivity index (χ0n) is 10.9. The van der Waals surface area contributed by atoms with Gasteiger partial charge >= 0.3 is 0 Å². The molecule has 2 N–H and O–H groups in total. The fourth-order valence-electron chi connectivity index (χ4n) is 2.07. The summed E-state index contributed by atoms with van der Waals surface area (Å²) in [4.78, 5) is 4.06. The van der Waals surface area contributed by atoms with Gasteiger partial charge in [-0.1, -0.05) is 6.92 Å². The van der Waals surface area contributed by atoms with E-state index >= 15 is 0 Å². The van der Waals surface area contributed by atoms with Gasteiger partial charge in [0, 0.05) is 18.9 Å². The molecule has 0 atom stereocenters. The second-order valence-corrected chi connectivity index (χ2v) is 6.84. The summed E-state index contributed by atoms with van der Waals surface area (Å²) in [5.74, 6) is 0. The quantitative estimate of drug-likeness (QED) is 0.876. The summed E-state index contributed by atoms with van der Waals surface area (Å²) in [6.07, 6.45) is 4.91. The van der Waals surface area contributed by atoms with Gasteiger partial charge in [0.05, 0.1) is 0 Å². The van der Waals surface area contributed by atoms with E-state index in [0.717, 1.165) is 25.9 Å². The van der Waals surface area contributed by atoms with E-state index in [-0.39, 0.29) is 22.7 Å². The molecule has 0 amide bonds. The third kappa shape index (κ3) is 4.42. The van der Waals surface area contributed by atoms with Crippen molar-refractivity contribution in [1.29, 1.82) is 0 Å². The number of sulfonamides is 1. The van der Waals surface area contributed by atoms with Gasteiger partial charge in [-0.2, -0.15) is 0 Å². The van der Waals surface area contributed by atoms with E-state index in [4.69, 9.17) is 0 Å². The van der Waals surface area contributed by atoms with Gasteiger partial charge in [0.1, 0.15) is 4.90 Å². The van der Waals surface area contributed by atoms with Crippen LogP contribution in [0.15, 0.2) is 29.4 Å². The van der Waals surface area contributed by atoms with Crippen molar-refractivity contribution in [2.24, 2.45) is 5.41 Å². The smallest absolute Gasteiger partial charge is 0.242 e.